The average Bonchev–Trinajstić information content (AvgIpc) is 2.75. The largest absolute Gasteiger partial charge is 0.325 e. The topological polar surface area (TPSA) is 58.2 Å². The number of hydrogen-bond donors (Lipinski definition) is 2. The number of amides is 1. The summed E-state index contributed by atoms with van der Waals surface area (Å²) >= 11 is 0. The summed E-state index contributed by atoms with van der Waals surface area (Å²) in [7, 11) is 0. The van der Waals surface area contributed by atoms with Crippen LogP contribution in [0.1, 0.15) is 41.4 Å². The first-order valence-electron chi connectivity index (χ1n) is 9.79. The molecule has 3 rings (SSSR count). The molecule has 4 heteroatoms. The smallest absolute Gasteiger partial charge is 0.241 e. The van der Waals surface area contributed by atoms with Crippen LogP contribution >= 0.6 is 0 Å². The van der Waals surface area contributed by atoms with Crippen LogP contribution in [0.3, 0.4) is 0 Å². The van der Waals surface area contributed by atoms with Crippen LogP contribution in [-0.2, 0) is 11.2 Å². The van der Waals surface area contributed by atoms with E-state index in [9.17, 15) is 9.59 Å². The van der Waals surface area contributed by atoms with Gasteiger partial charge < -0.3 is 5.32 Å². The van der Waals surface area contributed by atoms with E-state index in [-0.39, 0.29) is 17.7 Å². The SMILES string of the molecule is CC(=O)c1ccc(NC(=O)C(C)NC(Cc2ccccc2)c2ccccc2)cc1. The Morgan fingerprint density at radius 3 is 2.00 bits per heavy atom. The van der Waals surface area contributed by atoms with Gasteiger partial charge in [0, 0.05) is 17.3 Å². The van der Waals surface area contributed by atoms with Crippen LogP contribution in [-0.4, -0.2) is 17.7 Å². The standard InChI is InChI=1S/C25H26N2O2/c1-18(25(29)27-23-15-13-21(14-16-23)19(2)28)26-24(22-11-7-4-8-12-22)17-20-9-5-3-6-10-20/h3-16,18,24,26H,17H2,1-2H3,(H,27,29). The molecule has 4 nitrogen and oxygen atoms in total. The number of anilines is 1. The number of benzene rings is 3. The minimum Gasteiger partial charge on any atom is -0.325 e. The zero-order valence-corrected chi connectivity index (χ0v) is 16.8. The first-order valence-corrected chi connectivity index (χ1v) is 9.79. The Balaban J connectivity index is 1.69. The molecule has 0 radical (unpaired) electrons. The third kappa shape index (κ3) is 5.87. The molecule has 0 aliphatic rings. The molecule has 148 valence electrons. The second kappa shape index (κ2) is 9.80. The molecule has 0 spiro atoms. The molecule has 3 aromatic carbocycles. The summed E-state index contributed by atoms with van der Waals surface area (Å²) in [5.74, 6) is -0.112. The van der Waals surface area contributed by atoms with Crippen molar-refractivity contribution in [1.29, 1.82) is 0 Å². The molecule has 2 N–H and O–H groups in total. The molecule has 0 fully saturated rings. The number of rotatable bonds is 8. The molecule has 3 aromatic rings. The Kier molecular flexibility index (Phi) is 6.93. The Morgan fingerprint density at radius 1 is 0.828 bits per heavy atom. The van der Waals surface area contributed by atoms with E-state index in [4.69, 9.17) is 0 Å². The molecule has 2 unspecified atom stereocenters. The van der Waals surface area contributed by atoms with Crippen molar-refractivity contribution in [2.75, 3.05) is 5.32 Å². The molecule has 0 aromatic heterocycles. The van der Waals surface area contributed by atoms with Gasteiger partial charge in [0.05, 0.1) is 6.04 Å². The number of nitrogens with one attached hydrogen (secondary N) is 2. The number of ketones is 1. The minimum atomic E-state index is -0.392. The van der Waals surface area contributed by atoms with Gasteiger partial charge in [0.2, 0.25) is 5.91 Å². The maximum absolute atomic E-state index is 12.7. The normalized spacial score (nSPS) is 12.8. The minimum absolute atomic E-state index is 0.00419. The maximum Gasteiger partial charge on any atom is 0.241 e. The monoisotopic (exact) mass is 386 g/mol. The van der Waals surface area contributed by atoms with Gasteiger partial charge in [0.1, 0.15) is 0 Å². The fourth-order valence-corrected chi connectivity index (χ4v) is 3.22. The summed E-state index contributed by atoms with van der Waals surface area (Å²) in [4.78, 5) is 24.1. The van der Waals surface area contributed by atoms with Crippen LogP contribution in [0.15, 0.2) is 84.9 Å². The lowest BCUT2D eigenvalue weighted by atomic mass is 9.98. The van der Waals surface area contributed by atoms with E-state index in [0.29, 0.717) is 11.3 Å². The summed E-state index contributed by atoms with van der Waals surface area (Å²) in [6.07, 6.45) is 0.787. The Morgan fingerprint density at radius 2 is 1.41 bits per heavy atom. The van der Waals surface area contributed by atoms with Crippen molar-refractivity contribution in [3.63, 3.8) is 0 Å². The van der Waals surface area contributed by atoms with Crippen LogP contribution in [0, 0.1) is 0 Å². The summed E-state index contributed by atoms with van der Waals surface area (Å²) < 4.78 is 0. The van der Waals surface area contributed by atoms with E-state index in [1.54, 1.807) is 24.3 Å². The molecule has 0 heterocycles. The highest BCUT2D eigenvalue weighted by Gasteiger charge is 2.20. The van der Waals surface area contributed by atoms with Crippen molar-refractivity contribution in [2.45, 2.75) is 32.4 Å². The van der Waals surface area contributed by atoms with Gasteiger partial charge in [-0.2, -0.15) is 0 Å². The highest BCUT2D eigenvalue weighted by atomic mass is 16.2. The van der Waals surface area contributed by atoms with E-state index in [0.717, 1.165) is 12.0 Å². The van der Waals surface area contributed by atoms with Crippen LogP contribution in [0.25, 0.3) is 0 Å². The third-order valence-corrected chi connectivity index (χ3v) is 4.89. The number of carbonyl (C=O) groups excluding carboxylic acids is 2. The quantitative estimate of drug-likeness (QED) is 0.547. The van der Waals surface area contributed by atoms with Gasteiger partial charge >= 0.3 is 0 Å². The van der Waals surface area contributed by atoms with Crippen molar-refractivity contribution < 1.29 is 9.59 Å². The van der Waals surface area contributed by atoms with Crippen molar-refractivity contribution in [3.05, 3.63) is 102 Å². The molecule has 0 aliphatic carbocycles. The molecule has 2 atom stereocenters. The third-order valence-electron chi connectivity index (χ3n) is 4.89. The molecule has 0 saturated heterocycles. The summed E-state index contributed by atoms with van der Waals surface area (Å²) in [6.45, 7) is 3.39. The van der Waals surface area contributed by atoms with Crippen LogP contribution < -0.4 is 10.6 Å². The first-order chi connectivity index (χ1) is 14.0. The summed E-state index contributed by atoms with van der Waals surface area (Å²) in [5, 5.41) is 6.38. The Labute approximate surface area is 172 Å². The zero-order chi connectivity index (χ0) is 20.6. The number of hydrogen-bond acceptors (Lipinski definition) is 3. The fourth-order valence-electron chi connectivity index (χ4n) is 3.22. The van der Waals surface area contributed by atoms with E-state index < -0.39 is 6.04 Å². The fraction of sp³-hybridized carbons (Fsp3) is 0.200. The van der Waals surface area contributed by atoms with E-state index in [1.165, 1.54) is 12.5 Å². The first kappa shape index (κ1) is 20.5. The zero-order valence-electron chi connectivity index (χ0n) is 16.8. The highest BCUT2D eigenvalue weighted by molar-refractivity contribution is 5.97. The maximum atomic E-state index is 12.7. The van der Waals surface area contributed by atoms with Crippen LogP contribution in [0.4, 0.5) is 5.69 Å². The Hall–Kier alpha value is -3.24. The van der Waals surface area contributed by atoms with Crippen molar-refractivity contribution in [3.8, 4) is 0 Å². The average molecular weight is 386 g/mol. The van der Waals surface area contributed by atoms with Crippen LogP contribution in [0.5, 0.6) is 0 Å². The summed E-state index contributed by atoms with van der Waals surface area (Å²) in [6, 6.07) is 27.0. The van der Waals surface area contributed by atoms with E-state index >= 15 is 0 Å². The lowest BCUT2D eigenvalue weighted by Gasteiger charge is -2.24. The molecule has 0 saturated carbocycles. The lowest BCUT2D eigenvalue weighted by molar-refractivity contribution is -0.118. The van der Waals surface area contributed by atoms with E-state index in [1.807, 2.05) is 43.3 Å². The lowest BCUT2D eigenvalue weighted by Crippen LogP contribution is -2.40. The Bertz CT molecular complexity index is 938. The number of Topliss-reactive ketones (excluding diaryl/α,β-unsaturated/α-hetero) is 1. The predicted octanol–water partition coefficient (Wildman–Crippen LogP) is 4.79. The van der Waals surface area contributed by atoms with Gasteiger partial charge in [-0.25, -0.2) is 0 Å². The van der Waals surface area contributed by atoms with Crippen molar-refractivity contribution in [2.24, 2.45) is 0 Å². The molecule has 0 aliphatic heterocycles. The molecule has 29 heavy (non-hydrogen) atoms. The second-order valence-corrected chi connectivity index (χ2v) is 7.16. The van der Waals surface area contributed by atoms with Gasteiger partial charge in [-0.15, -0.1) is 0 Å². The summed E-state index contributed by atoms with van der Waals surface area (Å²) in [5.41, 5.74) is 3.65. The van der Waals surface area contributed by atoms with Crippen molar-refractivity contribution in [1.82, 2.24) is 5.32 Å². The predicted molar refractivity (Wildman–Crippen MR) is 117 cm³/mol. The number of carbonyl (C=O) groups is 2. The van der Waals surface area contributed by atoms with Gasteiger partial charge in [-0.05, 0) is 55.7 Å². The second-order valence-electron chi connectivity index (χ2n) is 7.16. The van der Waals surface area contributed by atoms with Gasteiger partial charge in [-0.1, -0.05) is 60.7 Å². The molecule has 0 bridgehead atoms. The van der Waals surface area contributed by atoms with Crippen LogP contribution in [0.2, 0.25) is 0 Å². The van der Waals surface area contributed by atoms with Gasteiger partial charge in [0.15, 0.2) is 5.78 Å². The molecule has 1 amide bonds. The molecular formula is C25H26N2O2. The molecular weight excluding hydrogens is 360 g/mol. The van der Waals surface area contributed by atoms with Crippen molar-refractivity contribution >= 4 is 17.4 Å². The van der Waals surface area contributed by atoms with Gasteiger partial charge in [0.25, 0.3) is 0 Å². The van der Waals surface area contributed by atoms with Gasteiger partial charge in [-0.3, -0.25) is 14.9 Å². The van der Waals surface area contributed by atoms with E-state index in [2.05, 4.69) is 34.9 Å². The highest BCUT2D eigenvalue weighted by Crippen LogP contribution is 2.19.